The molecule has 0 aromatic carbocycles. The van der Waals surface area contributed by atoms with Crippen molar-refractivity contribution in [2.45, 2.75) is 26.7 Å². The summed E-state index contributed by atoms with van der Waals surface area (Å²) in [5.41, 5.74) is 0. The Balaban J connectivity index is 3.66. The number of nitrogens with one attached hydrogen (secondary N) is 3. The number of amides is 3. The fourth-order valence-electron chi connectivity index (χ4n) is 1.24. The summed E-state index contributed by atoms with van der Waals surface area (Å²) in [6, 6.07) is 0. The Labute approximate surface area is 118 Å². The van der Waals surface area contributed by atoms with Gasteiger partial charge in [0.05, 0.1) is 0 Å². The Hall–Kier alpha value is -2.18. The van der Waals surface area contributed by atoms with Gasteiger partial charge in [0.1, 0.15) is 0 Å². The smallest absolute Gasteiger partial charge is 0.244 e. The van der Waals surface area contributed by atoms with Gasteiger partial charge in [0.25, 0.3) is 0 Å². The molecule has 0 aliphatic carbocycles. The molecule has 0 aliphatic heterocycles. The van der Waals surface area contributed by atoms with Crippen LogP contribution in [0.15, 0.2) is 12.2 Å². The van der Waals surface area contributed by atoms with Crippen LogP contribution >= 0.6 is 0 Å². The minimum absolute atomic E-state index is 0.115. The molecule has 0 radical (unpaired) electrons. The van der Waals surface area contributed by atoms with E-state index in [4.69, 9.17) is 0 Å². The van der Waals surface area contributed by atoms with Crippen LogP contribution in [0, 0.1) is 0 Å². The lowest BCUT2D eigenvalue weighted by molar-refractivity contribution is -0.122. The van der Waals surface area contributed by atoms with Crippen LogP contribution in [0.4, 0.5) is 0 Å². The quantitative estimate of drug-likeness (QED) is 0.486. The molecule has 0 fully saturated rings. The van der Waals surface area contributed by atoms with Gasteiger partial charge in [-0.05, 0) is 19.9 Å². The van der Waals surface area contributed by atoms with Crippen LogP contribution < -0.4 is 16.0 Å². The highest BCUT2D eigenvalue weighted by molar-refractivity contribution is 5.96. The number of rotatable bonds is 9. The monoisotopic (exact) mass is 283 g/mol. The summed E-state index contributed by atoms with van der Waals surface area (Å²) >= 11 is 0. The summed E-state index contributed by atoms with van der Waals surface area (Å²) < 4.78 is 0. The maximum Gasteiger partial charge on any atom is 0.244 e. The second kappa shape index (κ2) is 10.7. The molecule has 0 spiro atoms. The van der Waals surface area contributed by atoms with Crippen LogP contribution in [0.2, 0.25) is 0 Å². The van der Waals surface area contributed by atoms with Crippen molar-refractivity contribution >= 4 is 23.5 Å². The third kappa shape index (κ3) is 10.9. The van der Waals surface area contributed by atoms with E-state index < -0.39 is 5.91 Å². The van der Waals surface area contributed by atoms with Gasteiger partial charge in [0, 0.05) is 38.6 Å². The van der Waals surface area contributed by atoms with Crippen LogP contribution in [0.25, 0.3) is 0 Å². The first-order valence-electron chi connectivity index (χ1n) is 6.45. The molecule has 3 amide bonds. The van der Waals surface area contributed by atoms with E-state index in [0.717, 1.165) is 12.2 Å². The summed E-state index contributed by atoms with van der Waals surface area (Å²) in [6.45, 7) is 4.16. The second-order valence-electron chi connectivity index (χ2n) is 4.04. The lowest BCUT2D eigenvalue weighted by Gasteiger charge is -2.05. The van der Waals surface area contributed by atoms with E-state index in [0.29, 0.717) is 6.54 Å². The van der Waals surface area contributed by atoms with Crippen molar-refractivity contribution in [3.63, 3.8) is 0 Å². The first kappa shape index (κ1) is 17.8. The predicted octanol–water partition coefficient (Wildman–Crippen LogP) is -0.720. The molecule has 0 saturated carbocycles. The molecular formula is C13H21N3O4. The van der Waals surface area contributed by atoms with Crippen LogP contribution in [-0.4, -0.2) is 43.1 Å². The maximum absolute atomic E-state index is 11.4. The lowest BCUT2D eigenvalue weighted by Crippen LogP contribution is -2.33. The Bertz CT molecular complexity index is 391. The number of hydrogen-bond donors (Lipinski definition) is 3. The van der Waals surface area contributed by atoms with E-state index in [2.05, 4.69) is 16.0 Å². The molecule has 0 rings (SSSR count). The van der Waals surface area contributed by atoms with E-state index in [9.17, 15) is 19.2 Å². The largest absolute Gasteiger partial charge is 0.356 e. The molecule has 7 heteroatoms. The zero-order valence-corrected chi connectivity index (χ0v) is 11.8. The maximum atomic E-state index is 11.4. The highest BCUT2D eigenvalue weighted by Crippen LogP contribution is 1.82. The number of carbonyl (C=O) groups is 4. The Morgan fingerprint density at radius 2 is 1.40 bits per heavy atom. The molecule has 20 heavy (non-hydrogen) atoms. The second-order valence-corrected chi connectivity index (χ2v) is 4.04. The van der Waals surface area contributed by atoms with Crippen molar-refractivity contribution in [2.75, 3.05) is 19.6 Å². The van der Waals surface area contributed by atoms with Crippen LogP contribution in [0.3, 0.4) is 0 Å². The molecule has 0 aromatic rings. The van der Waals surface area contributed by atoms with E-state index in [1.807, 2.05) is 6.92 Å². The summed E-state index contributed by atoms with van der Waals surface area (Å²) in [7, 11) is 0. The topological polar surface area (TPSA) is 104 Å². The molecule has 0 aliphatic rings. The zero-order valence-electron chi connectivity index (χ0n) is 11.8. The van der Waals surface area contributed by atoms with Crippen LogP contribution in [0.1, 0.15) is 26.7 Å². The predicted molar refractivity (Wildman–Crippen MR) is 73.8 cm³/mol. The van der Waals surface area contributed by atoms with E-state index in [1.54, 1.807) is 0 Å². The van der Waals surface area contributed by atoms with Crippen molar-refractivity contribution in [3.8, 4) is 0 Å². The van der Waals surface area contributed by atoms with Gasteiger partial charge in [-0.3, -0.25) is 19.2 Å². The van der Waals surface area contributed by atoms with Gasteiger partial charge in [0.15, 0.2) is 5.78 Å². The van der Waals surface area contributed by atoms with E-state index in [-0.39, 0.29) is 43.5 Å². The minimum atomic E-state index is -0.421. The summed E-state index contributed by atoms with van der Waals surface area (Å²) in [4.78, 5) is 44.2. The average Bonchev–Trinajstić information content (AvgIpc) is 2.36. The van der Waals surface area contributed by atoms with Crippen molar-refractivity contribution < 1.29 is 19.2 Å². The Morgan fingerprint density at radius 1 is 0.850 bits per heavy atom. The van der Waals surface area contributed by atoms with Crippen LogP contribution in [-0.2, 0) is 19.2 Å². The van der Waals surface area contributed by atoms with Crippen molar-refractivity contribution in [1.82, 2.24) is 16.0 Å². The fraction of sp³-hybridized carbons (Fsp3) is 0.538. The van der Waals surface area contributed by atoms with E-state index >= 15 is 0 Å². The van der Waals surface area contributed by atoms with Gasteiger partial charge < -0.3 is 16.0 Å². The zero-order chi connectivity index (χ0) is 15.4. The summed E-state index contributed by atoms with van der Waals surface area (Å²) in [6.07, 6.45) is 2.62. The first-order chi connectivity index (χ1) is 9.45. The van der Waals surface area contributed by atoms with Crippen molar-refractivity contribution in [2.24, 2.45) is 0 Å². The van der Waals surface area contributed by atoms with Crippen LogP contribution in [0.5, 0.6) is 0 Å². The van der Waals surface area contributed by atoms with Gasteiger partial charge in [-0.25, -0.2) is 0 Å². The number of allylic oxidation sites excluding steroid dienone is 1. The molecule has 0 saturated heterocycles. The molecule has 0 heterocycles. The molecule has 3 N–H and O–H groups in total. The average molecular weight is 283 g/mol. The van der Waals surface area contributed by atoms with Gasteiger partial charge >= 0.3 is 0 Å². The molecule has 0 unspecified atom stereocenters. The third-order valence-corrected chi connectivity index (χ3v) is 2.17. The molecule has 0 aromatic heterocycles. The number of hydrogen-bond acceptors (Lipinski definition) is 4. The van der Waals surface area contributed by atoms with Gasteiger partial charge in [-0.2, -0.15) is 0 Å². The number of carbonyl (C=O) groups excluding carboxylic acids is 4. The SMILES string of the molecule is CCNC(=O)CCNC(=O)CCNC(=O)/C=C/C(C)=O. The van der Waals surface area contributed by atoms with Gasteiger partial charge in [0.2, 0.25) is 17.7 Å². The molecule has 7 nitrogen and oxygen atoms in total. The molecule has 0 atom stereocenters. The third-order valence-electron chi connectivity index (χ3n) is 2.17. The van der Waals surface area contributed by atoms with Crippen molar-refractivity contribution in [3.05, 3.63) is 12.2 Å². The number of ketones is 1. The lowest BCUT2D eigenvalue weighted by atomic mass is 10.3. The summed E-state index contributed by atoms with van der Waals surface area (Å²) in [5.74, 6) is -1.00. The first-order valence-corrected chi connectivity index (χ1v) is 6.45. The van der Waals surface area contributed by atoms with Gasteiger partial charge in [-0.1, -0.05) is 0 Å². The normalized spacial score (nSPS) is 10.1. The van der Waals surface area contributed by atoms with E-state index in [1.165, 1.54) is 6.92 Å². The Kier molecular flexibility index (Phi) is 9.55. The Morgan fingerprint density at radius 3 is 1.95 bits per heavy atom. The fourth-order valence-corrected chi connectivity index (χ4v) is 1.24. The molecular weight excluding hydrogens is 262 g/mol. The minimum Gasteiger partial charge on any atom is -0.356 e. The van der Waals surface area contributed by atoms with Crippen molar-refractivity contribution in [1.29, 1.82) is 0 Å². The highest BCUT2D eigenvalue weighted by atomic mass is 16.2. The highest BCUT2D eigenvalue weighted by Gasteiger charge is 2.04. The standard InChI is InChI=1S/C13H21N3O4/c1-3-14-12(19)6-8-16-13(20)7-9-15-11(18)5-4-10(2)17/h4-5H,3,6-9H2,1-2H3,(H,14,19)(H,15,18)(H,16,20)/b5-4+. The summed E-state index contributed by atoms with van der Waals surface area (Å²) in [5, 5.41) is 7.66. The molecule has 112 valence electrons. The molecule has 0 bridgehead atoms. The van der Waals surface area contributed by atoms with Gasteiger partial charge in [-0.15, -0.1) is 0 Å².